The van der Waals surface area contributed by atoms with Gasteiger partial charge in [-0.15, -0.1) is 0 Å². The Morgan fingerprint density at radius 2 is 2.10 bits per heavy atom. The van der Waals surface area contributed by atoms with Gasteiger partial charge < -0.3 is 0 Å². The largest absolute Gasteiger partial charge is 0.0851 e. The van der Waals surface area contributed by atoms with Gasteiger partial charge in [-0.25, -0.2) is 0 Å². The van der Waals surface area contributed by atoms with Gasteiger partial charge in [0.15, 0.2) is 0 Å². The summed E-state index contributed by atoms with van der Waals surface area (Å²) in [5, 5.41) is 0. The summed E-state index contributed by atoms with van der Waals surface area (Å²) in [5.74, 6) is 3.02. The Morgan fingerprint density at radius 3 is 2.40 bits per heavy atom. The molecule has 0 heterocycles. The number of allylic oxidation sites excluding steroid dienone is 2. The van der Waals surface area contributed by atoms with Crippen LogP contribution in [-0.4, -0.2) is 0 Å². The van der Waals surface area contributed by atoms with Crippen LogP contribution in [0.5, 0.6) is 0 Å². The molecule has 0 heteroatoms. The van der Waals surface area contributed by atoms with E-state index in [0.717, 1.165) is 23.2 Å². The molecule has 3 rings (SSSR count). The zero-order chi connectivity index (χ0) is 6.77. The van der Waals surface area contributed by atoms with Crippen LogP contribution in [0.4, 0.5) is 0 Å². The van der Waals surface area contributed by atoms with Crippen molar-refractivity contribution in [2.24, 2.45) is 23.2 Å². The van der Waals surface area contributed by atoms with Gasteiger partial charge in [-0.05, 0) is 42.4 Å². The highest BCUT2D eigenvalue weighted by molar-refractivity contribution is 5.22. The fourth-order valence-corrected chi connectivity index (χ4v) is 3.30. The van der Waals surface area contributed by atoms with Crippen molar-refractivity contribution in [3.63, 3.8) is 0 Å². The van der Waals surface area contributed by atoms with Crippen molar-refractivity contribution in [1.82, 2.24) is 0 Å². The highest BCUT2D eigenvalue weighted by atomic mass is 14.6. The summed E-state index contributed by atoms with van der Waals surface area (Å²) in [7, 11) is 0. The van der Waals surface area contributed by atoms with Crippen molar-refractivity contribution in [3.05, 3.63) is 12.2 Å². The van der Waals surface area contributed by atoms with E-state index in [9.17, 15) is 0 Å². The van der Waals surface area contributed by atoms with Crippen molar-refractivity contribution in [2.75, 3.05) is 0 Å². The monoisotopic (exact) mass is 134 g/mol. The summed E-state index contributed by atoms with van der Waals surface area (Å²) in [6, 6.07) is 0. The maximum absolute atomic E-state index is 2.48. The number of fused-ring (bicyclic) bond motifs is 3. The van der Waals surface area contributed by atoms with Crippen LogP contribution < -0.4 is 0 Å². The highest BCUT2D eigenvalue weighted by Gasteiger charge is 2.60. The molecule has 2 bridgehead atoms. The zero-order valence-electron chi connectivity index (χ0n) is 6.51. The van der Waals surface area contributed by atoms with E-state index in [1.807, 2.05) is 0 Å². The van der Waals surface area contributed by atoms with E-state index in [4.69, 9.17) is 0 Å². The average Bonchev–Trinajstić information content (AvgIpc) is 2.31. The molecule has 0 aliphatic heterocycles. The van der Waals surface area contributed by atoms with Gasteiger partial charge in [0.05, 0.1) is 0 Å². The number of hydrogen-bond acceptors (Lipinski definition) is 0. The lowest BCUT2D eigenvalue weighted by atomic mass is 9.88. The van der Waals surface area contributed by atoms with Crippen molar-refractivity contribution >= 4 is 0 Å². The maximum Gasteiger partial charge on any atom is -0.0168 e. The molecule has 0 amide bonds. The Labute approximate surface area is 62.3 Å². The van der Waals surface area contributed by atoms with Crippen LogP contribution in [-0.2, 0) is 0 Å². The van der Waals surface area contributed by atoms with E-state index in [0.29, 0.717) is 0 Å². The molecule has 2 fully saturated rings. The fraction of sp³-hybridized carbons (Fsp3) is 0.800. The molecule has 10 heavy (non-hydrogen) atoms. The molecule has 3 aliphatic rings. The molecule has 4 unspecified atom stereocenters. The quantitative estimate of drug-likeness (QED) is 0.447. The Hall–Kier alpha value is -0.260. The third-order valence-corrected chi connectivity index (χ3v) is 4.06. The standard InChI is InChI=1S/C10H14/c1-7-5-10(7)6-8-2-3-9(10)4-8/h2-3,7-9H,4-6H2,1H3. The molecule has 1 spiro atoms. The van der Waals surface area contributed by atoms with Gasteiger partial charge in [0.25, 0.3) is 0 Å². The lowest BCUT2D eigenvalue weighted by Gasteiger charge is -2.16. The second-order valence-corrected chi connectivity index (χ2v) is 4.53. The minimum Gasteiger partial charge on any atom is -0.0851 e. The molecule has 2 saturated carbocycles. The average molecular weight is 134 g/mol. The number of rotatable bonds is 0. The van der Waals surface area contributed by atoms with Crippen LogP contribution in [0.2, 0.25) is 0 Å². The summed E-state index contributed by atoms with van der Waals surface area (Å²) in [5.41, 5.74) is 0.833. The lowest BCUT2D eigenvalue weighted by molar-refractivity contribution is 0.389. The second kappa shape index (κ2) is 1.34. The first-order valence-corrected chi connectivity index (χ1v) is 4.49. The Bertz CT molecular complexity index is 204. The van der Waals surface area contributed by atoms with Gasteiger partial charge in [-0.3, -0.25) is 0 Å². The van der Waals surface area contributed by atoms with Gasteiger partial charge >= 0.3 is 0 Å². The van der Waals surface area contributed by atoms with Gasteiger partial charge in [0, 0.05) is 0 Å². The minimum atomic E-state index is 0.833. The molecule has 0 aromatic rings. The van der Waals surface area contributed by atoms with Crippen LogP contribution in [0.3, 0.4) is 0 Å². The molecule has 0 radical (unpaired) electrons. The third-order valence-electron chi connectivity index (χ3n) is 4.06. The Morgan fingerprint density at radius 1 is 1.30 bits per heavy atom. The van der Waals surface area contributed by atoms with Crippen molar-refractivity contribution < 1.29 is 0 Å². The van der Waals surface area contributed by atoms with Gasteiger partial charge in [-0.2, -0.15) is 0 Å². The third kappa shape index (κ3) is 0.426. The lowest BCUT2D eigenvalue weighted by Crippen LogP contribution is -2.09. The molecule has 3 aliphatic carbocycles. The normalized spacial score (nSPS) is 62.3. The number of hydrogen-bond donors (Lipinski definition) is 0. The molecular formula is C10H14. The van der Waals surface area contributed by atoms with Crippen molar-refractivity contribution in [3.8, 4) is 0 Å². The van der Waals surface area contributed by atoms with Crippen LogP contribution in [0.1, 0.15) is 26.2 Å². The zero-order valence-corrected chi connectivity index (χ0v) is 6.51. The smallest absolute Gasteiger partial charge is 0.0168 e. The molecule has 0 nitrogen and oxygen atoms in total. The first kappa shape index (κ1) is 5.40. The van der Waals surface area contributed by atoms with Crippen LogP contribution in [0.15, 0.2) is 12.2 Å². The summed E-state index contributed by atoms with van der Waals surface area (Å²) in [6.07, 6.45) is 9.47. The fourth-order valence-electron chi connectivity index (χ4n) is 3.30. The molecule has 0 saturated heterocycles. The Kier molecular flexibility index (Phi) is 0.725. The summed E-state index contributed by atoms with van der Waals surface area (Å²) in [4.78, 5) is 0. The first-order valence-electron chi connectivity index (χ1n) is 4.49. The van der Waals surface area contributed by atoms with Gasteiger partial charge in [0.2, 0.25) is 0 Å². The highest BCUT2D eigenvalue weighted by Crippen LogP contribution is 2.69. The first-order chi connectivity index (χ1) is 4.81. The van der Waals surface area contributed by atoms with Crippen molar-refractivity contribution in [1.29, 1.82) is 0 Å². The molecule has 0 N–H and O–H groups in total. The minimum absolute atomic E-state index is 0.833. The maximum atomic E-state index is 2.48. The summed E-state index contributed by atoms with van der Waals surface area (Å²) < 4.78 is 0. The van der Waals surface area contributed by atoms with Crippen LogP contribution in [0, 0.1) is 23.2 Å². The van der Waals surface area contributed by atoms with Gasteiger partial charge in [-0.1, -0.05) is 19.1 Å². The molecular weight excluding hydrogens is 120 g/mol. The topological polar surface area (TPSA) is 0 Å². The molecule has 54 valence electrons. The van der Waals surface area contributed by atoms with Crippen LogP contribution >= 0.6 is 0 Å². The van der Waals surface area contributed by atoms with E-state index in [-0.39, 0.29) is 0 Å². The second-order valence-electron chi connectivity index (χ2n) is 4.53. The van der Waals surface area contributed by atoms with Gasteiger partial charge in [0.1, 0.15) is 0 Å². The molecule has 0 aromatic heterocycles. The predicted octanol–water partition coefficient (Wildman–Crippen LogP) is 2.61. The predicted molar refractivity (Wildman–Crippen MR) is 41.6 cm³/mol. The van der Waals surface area contributed by atoms with E-state index in [1.165, 1.54) is 19.3 Å². The summed E-state index contributed by atoms with van der Waals surface area (Å²) >= 11 is 0. The van der Waals surface area contributed by atoms with Crippen LogP contribution in [0.25, 0.3) is 0 Å². The molecule has 0 aromatic carbocycles. The van der Waals surface area contributed by atoms with E-state index >= 15 is 0 Å². The molecule has 4 atom stereocenters. The van der Waals surface area contributed by atoms with E-state index in [1.54, 1.807) is 0 Å². The van der Waals surface area contributed by atoms with Crippen molar-refractivity contribution in [2.45, 2.75) is 26.2 Å². The SMILES string of the molecule is CC1CC12CC1C=CC2C1. The Balaban J connectivity index is 1.99. The summed E-state index contributed by atoms with van der Waals surface area (Å²) in [6.45, 7) is 2.43. The van der Waals surface area contributed by atoms with E-state index in [2.05, 4.69) is 19.1 Å². The van der Waals surface area contributed by atoms with E-state index < -0.39 is 0 Å².